The van der Waals surface area contributed by atoms with Crippen molar-refractivity contribution in [1.82, 2.24) is 0 Å². The summed E-state index contributed by atoms with van der Waals surface area (Å²) < 4.78 is 0. The summed E-state index contributed by atoms with van der Waals surface area (Å²) in [7, 11) is 0. The first-order chi connectivity index (χ1) is 10.2. The van der Waals surface area contributed by atoms with Gasteiger partial charge in [0.25, 0.3) is 0 Å². The van der Waals surface area contributed by atoms with Gasteiger partial charge in [-0.25, -0.2) is 0 Å². The Morgan fingerprint density at radius 3 is 1.76 bits per heavy atom. The van der Waals surface area contributed by atoms with E-state index in [4.69, 9.17) is 0 Å². The molecule has 3 aliphatic carbocycles. The third kappa shape index (κ3) is 3.67. The summed E-state index contributed by atoms with van der Waals surface area (Å²) in [5.74, 6) is 4.35. The summed E-state index contributed by atoms with van der Waals surface area (Å²) in [5.41, 5.74) is 0.725. The van der Waals surface area contributed by atoms with Crippen molar-refractivity contribution in [1.29, 1.82) is 0 Å². The minimum atomic E-state index is 0.725. The highest BCUT2D eigenvalue weighted by molar-refractivity contribution is 4.90. The maximum atomic E-state index is 2.63. The van der Waals surface area contributed by atoms with Crippen LogP contribution in [0.4, 0.5) is 0 Å². The molecule has 0 N–H and O–H groups in total. The van der Waals surface area contributed by atoms with Crippen molar-refractivity contribution < 1.29 is 0 Å². The molecule has 0 aromatic rings. The molecule has 0 aromatic carbocycles. The molecule has 21 heavy (non-hydrogen) atoms. The van der Waals surface area contributed by atoms with Crippen molar-refractivity contribution in [2.24, 2.45) is 29.1 Å². The van der Waals surface area contributed by atoms with Crippen LogP contribution in [-0.2, 0) is 0 Å². The SMILES string of the molecule is CCC1CCC(C2CCC(C3(C)CCCCC3)CC2)CC1. The highest BCUT2D eigenvalue weighted by atomic mass is 14.4. The lowest BCUT2D eigenvalue weighted by atomic mass is 9.60. The van der Waals surface area contributed by atoms with Crippen LogP contribution >= 0.6 is 0 Å². The molecule has 0 spiro atoms. The van der Waals surface area contributed by atoms with Gasteiger partial charge in [0.05, 0.1) is 0 Å². The summed E-state index contributed by atoms with van der Waals surface area (Å²) in [6.07, 6.45) is 21.5. The highest BCUT2D eigenvalue weighted by Crippen LogP contribution is 2.50. The topological polar surface area (TPSA) is 0 Å². The van der Waals surface area contributed by atoms with Crippen LogP contribution in [0.1, 0.15) is 104 Å². The largest absolute Gasteiger partial charge is 0.0651 e. The van der Waals surface area contributed by atoms with Gasteiger partial charge in [-0.15, -0.1) is 0 Å². The van der Waals surface area contributed by atoms with Gasteiger partial charge in [-0.1, -0.05) is 52.4 Å². The van der Waals surface area contributed by atoms with Crippen molar-refractivity contribution in [3.63, 3.8) is 0 Å². The Morgan fingerprint density at radius 2 is 1.24 bits per heavy atom. The van der Waals surface area contributed by atoms with Crippen LogP contribution in [0.15, 0.2) is 0 Å². The number of hydrogen-bond acceptors (Lipinski definition) is 0. The van der Waals surface area contributed by atoms with Gasteiger partial charge in [-0.3, -0.25) is 0 Å². The zero-order chi connectivity index (χ0) is 14.7. The molecular formula is C21H38. The second kappa shape index (κ2) is 7.05. The van der Waals surface area contributed by atoms with E-state index in [0.717, 1.165) is 29.1 Å². The van der Waals surface area contributed by atoms with Crippen molar-refractivity contribution in [3.8, 4) is 0 Å². The molecule has 0 aliphatic heterocycles. The van der Waals surface area contributed by atoms with E-state index in [-0.39, 0.29) is 0 Å². The van der Waals surface area contributed by atoms with E-state index >= 15 is 0 Å². The summed E-state index contributed by atoms with van der Waals surface area (Å²) in [6.45, 7) is 5.02. The molecule has 3 rings (SSSR count). The molecule has 3 saturated carbocycles. The highest BCUT2D eigenvalue weighted by Gasteiger charge is 2.39. The maximum absolute atomic E-state index is 2.63. The van der Waals surface area contributed by atoms with Gasteiger partial charge >= 0.3 is 0 Å². The second-order valence-corrected chi connectivity index (χ2v) is 9.02. The second-order valence-electron chi connectivity index (χ2n) is 9.02. The van der Waals surface area contributed by atoms with E-state index in [9.17, 15) is 0 Å². The van der Waals surface area contributed by atoms with Crippen molar-refractivity contribution in [3.05, 3.63) is 0 Å². The Kier molecular flexibility index (Phi) is 5.33. The smallest absolute Gasteiger partial charge is 0.0298 e. The van der Waals surface area contributed by atoms with Crippen LogP contribution in [0.3, 0.4) is 0 Å². The molecule has 0 amide bonds. The Labute approximate surface area is 133 Å². The third-order valence-corrected chi connectivity index (χ3v) is 7.89. The van der Waals surface area contributed by atoms with E-state index in [0.29, 0.717) is 0 Å². The first-order valence-corrected chi connectivity index (χ1v) is 10.2. The van der Waals surface area contributed by atoms with Crippen LogP contribution in [0.2, 0.25) is 0 Å². The predicted octanol–water partition coefficient (Wildman–Crippen LogP) is 6.98. The van der Waals surface area contributed by atoms with Gasteiger partial charge < -0.3 is 0 Å². The van der Waals surface area contributed by atoms with E-state index in [2.05, 4.69) is 13.8 Å². The molecule has 0 nitrogen and oxygen atoms in total. The minimum Gasteiger partial charge on any atom is -0.0651 e. The van der Waals surface area contributed by atoms with Gasteiger partial charge in [-0.05, 0) is 80.5 Å². The van der Waals surface area contributed by atoms with E-state index in [1.165, 1.54) is 38.5 Å². The summed E-state index contributed by atoms with van der Waals surface area (Å²) in [5, 5.41) is 0. The van der Waals surface area contributed by atoms with Gasteiger partial charge in [0.15, 0.2) is 0 Å². The van der Waals surface area contributed by atoms with Crippen LogP contribution in [-0.4, -0.2) is 0 Å². The quantitative estimate of drug-likeness (QED) is 0.526. The lowest BCUT2D eigenvalue weighted by Crippen LogP contribution is -2.34. The molecule has 0 bridgehead atoms. The maximum Gasteiger partial charge on any atom is -0.0298 e. The fraction of sp³-hybridized carbons (Fsp3) is 1.00. The molecule has 0 heteroatoms. The standard InChI is InChI=1S/C21H38/c1-3-17-7-9-18(10-8-17)19-11-13-20(14-12-19)21(2)15-5-4-6-16-21/h17-20H,3-16H2,1-2H3. The van der Waals surface area contributed by atoms with Crippen molar-refractivity contribution in [2.75, 3.05) is 0 Å². The fourth-order valence-corrected chi connectivity index (χ4v) is 6.12. The fourth-order valence-electron chi connectivity index (χ4n) is 6.12. The van der Waals surface area contributed by atoms with Crippen LogP contribution in [0, 0.1) is 29.1 Å². The number of rotatable bonds is 3. The molecule has 0 unspecified atom stereocenters. The lowest BCUT2D eigenvalue weighted by molar-refractivity contribution is 0.0537. The van der Waals surface area contributed by atoms with Crippen LogP contribution in [0.5, 0.6) is 0 Å². The van der Waals surface area contributed by atoms with Gasteiger partial charge in [0, 0.05) is 0 Å². The Hall–Kier alpha value is 0. The molecule has 0 atom stereocenters. The third-order valence-electron chi connectivity index (χ3n) is 7.89. The Morgan fingerprint density at radius 1 is 0.714 bits per heavy atom. The van der Waals surface area contributed by atoms with Crippen molar-refractivity contribution in [2.45, 2.75) is 104 Å². The molecule has 3 fully saturated rings. The molecule has 0 heterocycles. The van der Waals surface area contributed by atoms with Crippen LogP contribution in [0.25, 0.3) is 0 Å². The normalized spacial score (nSPS) is 40.9. The average Bonchev–Trinajstić information content (AvgIpc) is 2.56. The Bertz CT molecular complexity index is 296. The Balaban J connectivity index is 1.47. The summed E-state index contributed by atoms with van der Waals surface area (Å²) in [4.78, 5) is 0. The first kappa shape index (κ1) is 15.9. The lowest BCUT2D eigenvalue weighted by Gasteiger charge is -2.46. The van der Waals surface area contributed by atoms with E-state index < -0.39 is 0 Å². The summed E-state index contributed by atoms with van der Waals surface area (Å²) in [6, 6.07) is 0. The monoisotopic (exact) mass is 290 g/mol. The van der Waals surface area contributed by atoms with Gasteiger partial charge in [-0.2, -0.15) is 0 Å². The van der Waals surface area contributed by atoms with Gasteiger partial charge in [0.2, 0.25) is 0 Å². The van der Waals surface area contributed by atoms with Gasteiger partial charge in [0.1, 0.15) is 0 Å². The van der Waals surface area contributed by atoms with Crippen LogP contribution < -0.4 is 0 Å². The molecule has 0 aromatic heterocycles. The zero-order valence-corrected chi connectivity index (χ0v) is 14.7. The average molecular weight is 291 g/mol. The summed E-state index contributed by atoms with van der Waals surface area (Å²) >= 11 is 0. The van der Waals surface area contributed by atoms with Crippen molar-refractivity contribution >= 4 is 0 Å². The van der Waals surface area contributed by atoms with E-state index in [1.807, 2.05) is 0 Å². The molecule has 0 radical (unpaired) electrons. The predicted molar refractivity (Wildman–Crippen MR) is 92.4 cm³/mol. The first-order valence-electron chi connectivity index (χ1n) is 10.2. The molecule has 0 saturated heterocycles. The molecule has 3 aliphatic rings. The zero-order valence-electron chi connectivity index (χ0n) is 14.7. The molecule has 122 valence electrons. The number of hydrogen-bond donors (Lipinski definition) is 0. The van der Waals surface area contributed by atoms with E-state index in [1.54, 1.807) is 51.4 Å². The molecular weight excluding hydrogens is 252 g/mol. The minimum absolute atomic E-state index is 0.725.